The normalized spacial score (nSPS) is 12.2. The van der Waals surface area contributed by atoms with Crippen molar-refractivity contribution in [3.05, 3.63) is 63.9 Å². The largest absolute Gasteiger partial charge is 0.354 e. The van der Waals surface area contributed by atoms with Crippen molar-refractivity contribution >= 4 is 50.7 Å². The summed E-state index contributed by atoms with van der Waals surface area (Å²) in [6.07, 6.45) is 1.83. The van der Waals surface area contributed by atoms with E-state index >= 15 is 0 Å². The Hall–Kier alpha value is -2.36. The summed E-state index contributed by atoms with van der Waals surface area (Å²) in [5, 5.41) is 3.36. The van der Waals surface area contributed by atoms with E-state index in [4.69, 9.17) is 23.2 Å². The van der Waals surface area contributed by atoms with Gasteiger partial charge in [-0.3, -0.25) is 13.9 Å². The Kier molecular flexibility index (Phi) is 10.1. The van der Waals surface area contributed by atoms with Gasteiger partial charge in [0.1, 0.15) is 18.4 Å². The van der Waals surface area contributed by atoms with Crippen molar-refractivity contribution in [2.75, 3.05) is 23.7 Å². The molecule has 0 fully saturated rings. The van der Waals surface area contributed by atoms with Crippen molar-refractivity contribution in [1.29, 1.82) is 0 Å². The second-order valence-corrected chi connectivity index (χ2v) is 10.4. The van der Waals surface area contributed by atoms with Gasteiger partial charge in [0.15, 0.2) is 0 Å². The summed E-state index contributed by atoms with van der Waals surface area (Å²) < 4.78 is 40.1. The molecular weight excluding hydrogens is 504 g/mol. The van der Waals surface area contributed by atoms with Crippen LogP contribution < -0.4 is 9.62 Å². The number of carbonyl (C=O) groups is 2. The zero-order valence-corrected chi connectivity index (χ0v) is 21.6. The van der Waals surface area contributed by atoms with Crippen molar-refractivity contribution < 1.29 is 22.4 Å². The van der Waals surface area contributed by atoms with Gasteiger partial charge in [-0.2, -0.15) is 0 Å². The number of anilines is 1. The molecule has 0 bridgehead atoms. The van der Waals surface area contributed by atoms with Crippen LogP contribution >= 0.6 is 23.2 Å². The highest BCUT2D eigenvalue weighted by Crippen LogP contribution is 2.28. The Labute approximate surface area is 209 Å². The molecule has 0 saturated carbocycles. The van der Waals surface area contributed by atoms with E-state index in [-0.39, 0.29) is 18.7 Å². The van der Waals surface area contributed by atoms with Crippen LogP contribution in [0.4, 0.5) is 10.1 Å². The molecule has 0 unspecified atom stereocenters. The first kappa shape index (κ1) is 27.9. The first-order valence-electron chi connectivity index (χ1n) is 10.7. The van der Waals surface area contributed by atoms with Crippen LogP contribution in [-0.4, -0.2) is 50.5 Å². The van der Waals surface area contributed by atoms with Crippen LogP contribution in [0.15, 0.2) is 42.5 Å². The number of amides is 2. The maximum absolute atomic E-state index is 14.4. The molecule has 7 nitrogen and oxygen atoms in total. The molecule has 2 amide bonds. The lowest BCUT2D eigenvalue weighted by Gasteiger charge is -2.33. The average molecular weight is 532 g/mol. The summed E-state index contributed by atoms with van der Waals surface area (Å²) in [6.45, 7) is 3.19. The van der Waals surface area contributed by atoms with Gasteiger partial charge >= 0.3 is 0 Å². The summed E-state index contributed by atoms with van der Waals surface area (Å²) in [7, 11) is -4.03. The molecule has 186 valence electrons. The second kappa shape index (κ2) is 12.4. The topological polar surface area (TPSA) is 86.8 Å². The molecule has 0 spiro atoms. The molecule has 1 atom stereocenters. The van der Waals surface area contributed by atoms with E-state index in [1.54, 1.807) is 25.1 Å². The Morgan fingerprint density at radius 2 is 1.68 bits per heavy atom. The van der Waals surface area contributed by atoms with Crippen LogP contribution in [0.3, 0.4) is 0 Å². The molecule has 34 heavy (non-hydrogen) atoms. The summed E-state index contributed by atoms with van der Waals surface area (Å²) >= 11 is 12.6. The highest BCUT2D eigenvalue weighted by Gasteiger charge is 2.33. The van der Waals surface area contributed by atoms with Crippen LogP contribution in [0.2, 0.25) is 10.0 Å². The number of rotatable bonds is 11. The summed E-state index contributed by atoms with van der Waals surface area (Å²) in [4.78, 5) is 27.6. The van der Waals surface area contributed by atoms with Gasteiger partial charge in [-0.15, -0.1) is 0 Å². The van der Waals surface area contributed by atoms with Crippen LogP contribution in [0, 0.1) is 5.82 Å². The van der Waals surface area contributed by atoms with Crippen molar-refractivity contribution in [2.45, 2.75) is 39.3 Å². The Morgan fingerprint density at radius 1 is 1.06 bits per heavy atom. The number of nitrogens with one attached hydrogen (secondary N) is 1. The van der Waals surface area contributed by atoms with Crippen molar-refractivity contribution in [1.82, 2.24) is 10.2 Å². The van der Waals surface area contributed by atoms with Gasteiger partial charge in [-0.05, 0) is 37.1 Å². The first-order chi connectivity index (χ1) is 16.0. The van der Waals surface area contributed by atoms with Crippen molar-refractivity contribution in [3.8, 4) is 0 Å². The maximum atomic E-state index is 14.4. The van der Waals surface area contributed by atoms with Crippen LogP contribution in [-0.2, 0) is 26.2 Å². The number of hydrogen-bond donors (Lipinski definition) is 1. The molecule has 0 saturated heterocycles. The second-order valence-electron chi connectivity index (χ2n) is 7.66. The molecule has 0 aliphatic carbocycles. The highest BCUT2D eigenvalue weighted by atomic mass is 35.5. The maximum Gasteiger partial charge on any atom is 0.244 e. The predicted molar refractivity (Wildman–Crippen MR) is 133 cm³/mol. The lowest BCUT2D eigenvalue weighted by atomic mass is 10.1. The van der Waals surface area contributed by atoms with Gasteiger partial charge in [0.05, 0.1) is 11.9 Å². The average Bonchev–Trinajstić information content (AvgIpc) is 2.77. The lowest BCUT2D eigenvalue weighted by molar-refractivity contribution is -0.140. The van der Waals surface area contributed by atoms with Crippen LogP contribution in [0.1, 0.15) is 32.3 Å². The van der Waals surface area contributed by atoms with Gasteiger partial charge in [-0.25, -0.2) is 12.8 Å². The van der Waals surface area contributed by atoms with Gasteiger partial charge < -0.3 is 10.2 Å². The van der Waals surface area contributed by atoms with Crippen molar-refractivity contribution in [2.24, 2.45) is 0 Å². The molecular formula is C23H28Cl2FN3O4S. The molecule has 2 aromatic carbocycles. The lowest BCUT2D eigenvalue weighted by Crippen LogP contribution is -2.52. The minimum Gasteiger partial charge on any atom is -0.354 e. The fourth-order valence-corrected chi connectivity index (χ4v) is 4.76. The van der Waals surface area contributed by atoms with E-state index in [2.05, 4.69) is 5.32 Å². The van der Waals surface area contributed by atoms with E-state index in [0.29, 0.717) is 32.9 Å². The number of nitrogens with zero attached hydrogens (tertiary/aromatic N) is 2. The third kappa shape index (κ3) is 7.07. The van der Waals surface area contributed by atoms with E-state index in [9.17, 15) is 22.4 Å². The molecule has 1 N–H and O–H groups in total. The minimum atomic E-state index is -4.03. The molecule has 0 aromatic heterocycles. The van der Waals surface area contributed by atoms with Gasteiger partial charge in [-0.1, -0.05) is 55.2 Å². The Bertz CT molecular complexity index is 1110. The SMILES string of the molecule is CCCNC(=O)[C@H](CC)N(Cc1c(Cl)cccc1Cl)C(=O)CN(c1ccccc1F)S(C)(=O)=O. The minimum absolute atomic E-state index is 0.135. The van der Waals surface area contributed by atoms with Crippen molar-refractivity contribution in [3.63, 3.8) is 0 Å². The monoisotopic (exact) mass is 531 g/mol. The highest BCUT2D eigenvalue weighted by molar-refractivity contribution is 7.92. The number of sulfonamides is 1. The van der Waals surface area contributed by atoms with Gasteiger partial charge in [0.25, 0.3) is 0 Å². The summed E-state index contributed by atoms with van der Waals surface area (Å²) in [5.41, 5.74) is 0.148. The smallest absolute Gasteiger partial charge is 0.244 e. The number of para-hydroxylation sites is 1. The fraction of sp³-hybridized carbons (Fsp3) is 0.391. The Morgan fingerprint density at radius 3 is 2.21 bits per heavy atom. The molecule has 2 rings (SSSR count). The molecule has 2 aromatic rings. The van der Waals surface area contributed by atoms with E-state index < -0.39 is 40.2 Å². The van der Waals surface area contributed by atoms with E-state index in [1.165, 1.54) is 23.1 Å². The third-order valence-corrected chi connectivity index (χ3v) is 6.96. The van der Waals surface area contributed by atoms with Crippen LogP contribution in [0.5, 0.6) is 0 Å². The Balaban J connectivity index is 2.50. The molecule has 0 radical (unpaired) electrons. The first-order valence-corrected chi connectivity index (χ1v) is 13.3. The molecule has 0 aliphatic rings. The number of hydrogen-bond acceptors (Lipinski definition) is 4. The van der Waals surface area contributed by atoms with Gasteiger partial charge in [0, 0.05) is 28.7 Å². The summed E-state index contributed by atoms with van der Waals surface area (Å²) in [6, 6.07) is 9.18. The third-order valence-electron chi connectivity index (χ3n) is 5.13. The predicted octanol–water partition coefficient (Wildman–Crippen LogP) is 4.23. The number of halogens is 3. The van der Waals surface area contributed by atoms with E-state index in [0.717, 1.165) is 12.3 Å². The number of carbonyl (C=O) groups excluding carboxylic acids is 2. The molecule has 0 aliphatic heterocycles. The van der Waals surface area contributed by atoms with E-state index in [1.807, 2.05) is 6.92 Å². The standard InChI is InChI=1S/C23H28Cl2FN3O4S/c1-4-13-27-23(31)20(5-2)28(14-16-17(24)9-8-10-18(16)25)22(30)15-29(34(3,32)33)21-12-7-6-11-19(21)26/h6-12,20H,4-5,13-15H2,1-3H3,(H,27,31)/t20-/m0/s1. The fourth-order valence-electron chi connectivity index (χ4n) is 3.39. The van der Waals surface area contributed by atoms with Gasteiger partial charge in [0.2, 0.25) is 21.8 Å². The van der Waals surface area contributed by atoms with Crippen LogP contribution in [0.25, 0.3) is 0 Å². The zero-order chi connectivity index (χ0) is 25.5. The molecule has 0 heterocycles. The quantitative estimate of drug-likeness (QED) is 0.469. The zero-order valence-electron chi connectivity index (χ0n) is 19.2. The number of benzene rings is 2. The molecule has 11 heteroatoms. The summed E-state index contributed by atoms with van der Waals surface area (Å²) in [5.74, 6) is -1.89.